The van der Waals surface area contributed by atoms with E-state index >= 15 is 0 Å². The molecule has 1 aliphatic carbocycles. The monoisotopic (exact) mass is 1200 g/mol. The van der Waals surface area contributed by atoms with Crippen molar-refractivity contribution in [1.29, 1.82) is 0 Å². The minimum atomic E-state index is -2.12. The van der Waals surface area contributed by atoms with Gasteiger partial charge in [0.05, 0.1) is 37.7 Å². The Hall–Kier alpha value is -3.94. The van der Waals surface area contributed by atoms with Crippen LogP contribution in [-0.2, 0) is 39.8 Å². The highest BCUT2D eigenvalue weighted by molar-refractivity contribution is 5.96. The van der Waals surface area contributed by atoms with Crippen LogP contribution in [0.25, 0.3) is 0 Å². The predicted octanol–water partition coefficient (Wildman–Crippen LogP) is 22.8. The van der Waals surface area contributed by atoms with E-state index in [4.69, 9.17) is 23.7 Å². The smallest absolute Gasteiger partial charge is 0.339 e. The number of carbonyl (C=O) groups excluding carboxylic acids is 4. The zero-order valence-electron chi connectivity index (χ0n) is 28.3. The standard InChI is InChI=1S/C29H39NO9.C6H8O3.33CH4/c1-27(2,33)8-5-10-29(34,16-23(31)36-4)26(32)39-25-22(35-3)15-28-9-6-11-30(28)12-7-18-13-20-21(38-17-37-20)14-19(18)24(25)28;1-4(5(2)7)3-6(8)9;;;;;;;;;;;;;;;;;;;;;;;;;;;;;;;;;/h13-15,24-25,33-34H,5-12,16-17H2,1-4H3;1,3H2,2H3,(H,8,9);33*1H4/p-1/t24-,25-,28+,29+;;;;;;;;;;;;;;;;;;;;;;;;;;;;;;;;;;/m1................................../s1. The van der Waals surface area contributed by atoms with E-state index in [-0.39, 0.29) is 282 Å². The van der Waals surface area contributed by atoms with Crippen LogP contribution in [0.1, 0.15) is 328 Å². The number of carboxylic acids is 1. The molecule has 4 atom stereocenters. The summed E-state index contributed by atoms with van der Waals surface area (Å²) in [5, 5.41) is 31.4. The van der Waals surface area contributed by atoms with Gasteiger partial charge in [-0.1, -0.05) is 252 Å². The zero-order chi connectivity index (χ0) is 35.4. The normalized spacial score (nSPS) is 13.9. The number of aliphatic carboxylic acids is 1. The summed E-state index contributed by atoms with van der Waals surface area (Å²) in [6.45, 7) is 9.70. The summed E-state index contributed by atoms with van der Waals surface area (Å²) in [6.07, 6.45) is 3.58. The first-order valence-electron chi connectivity index (χ1n) is 16.1. The number of methoxy groups -OCH3 is 2. The number of carboxylic acid groups (broad SMARTS) is 1. The van der Waals surface area contributed by atoms with E-state index in [1.54, 1.807) is 21.0 Å². The summed E-state index contributed by atoms with van der Waals surface area (Å²) in [6, 6.07) is 4.00. The van der Waals surface area contributed by atoms with Gasteiger partial charge in [0.2, 0.25) is 6.79 Å². The number of ketones is 1. The molecule has 0 bridgehead atoms. The number of esters is 2. The van der Waals surface area contributed by atoms with Gasteiger partial charge >= 0.3 is 11.9 Å². The van der Waals surface area contributed by atoms with Crippen LogP contribution in [0.3, 0.4) is 0 Å². The van der Waals surface area contributed by atoms with Gasteiger partial charge in [-0.2, -0.15) is 0 Å². The van der Waals surface area contributed by atoms with Crippen LogP contribution in [0.15, 0.2) is 36.1 Å². The van der Waals surface area contributed by atoms with Crippen molar-refractivity contribution in [3.8, 4) is 11.5 Å². The van der Waals surface area contributed by atoms with Gasteiger partial charge in [-0.05, 0) is 101 Å². The molecule has 1 fully saturated rings. The molecule has 0 aromatic heterocycles. The molecule has 3 aliphatic heterocycles. The molecule has 2 N–H and O–H groups in total. The lowest BCUT2D eigenvalue weighted by Crippen LogP contribution is -2.49. The molecule has 0 radical (unpaired) electrons. The minimum absolute atomic E-state index is 0. The topological polar surface area (TPSA) is 181 Å². The third-order valence-corrected chi connectivity index (χ3v) is 9.48. The fourth-order valence-electron chi connectivity index (χ4n) is 7.01. The van der Waals surface area contributed by atoms with Crippen LogP contribution in [0.2, 0.25) is 0 Å². The quantitative estimate of drug-likeness (QED) is 0.149. The predicted molar refractivity (Wildman–Crippen MR) is 391 cm³/mol. The molecule has 1 aromatic carbocycles. The Morgan fingerprint density at radius 2 is 1.07 bits per heavy atom. The highest BCUT2D eigenvalue weighted by atomic mass is 16.7. The molecule has 4 aliphatic rings. The van der Waals surface area contributed by atoms with Gasteiger partial charge in [0.1, 0.15) is 5.76 Å². The lowest BCUT2D eigenvalue weighted by molar-refractivity contribution is -0.304. The van der Waals surface area contributed by atoms with E-state index in [1.165, 1.54) is 14.0 Å². The molecule has 0 saturated carbocycles. The highest BCUT2D eigenvalue weighted by Crippen LogP contribution is 2.55. The molecule has 528 valence electrons. The van der Waals surface area contributed by atoms with E-state index in [1.807, 2.05) is 12.1 Å². The van der Waals surface area contributed by atoms with Crippen molar-refractivity contribution >= 4 is 23.7 Å². The lowest BCUT2D eigenvalue weighted by atomic mass is 9.77. The van der Waals surface area contributed by atoms with Gasteiger partial charge in [-0.15, -0.1) is 0 Å². The maximum Gasteiger partial charge on any atom is 0.339 e. The molecule has 13 heteroatoms. The third kappa shape index (κ3) is 47.2. The van der Waals surface area contributed by atoms with Gasteiger partial charge in [-0.25, -0.2) is 4.79 Å². The second-order valence-corrected chi connectivity index (χ2v) is 13.4. The SMILES string of the molecule is C.C.C.C.C.C.C.C.C.C.C.C.C.C.C.C.C.C.C.C.C.C.C.C.C.C.C.C.C.C.C.C.C.C=C(CC(=O)[O-])C(C)=O.COC(=O)C[C@@](O)(CCCC(C)(C)O)C(=O)O[C@@H]1C(OC)=C[C@]23CCCN2CCc2cc4c(cc2[C@H]13)OCO4. The maximum absolute atomic E-state index is 13.8. The Morgan fingerprint density at radius 3 is 1.42 bits per heavy atom. The molecule has 81 heavy (non-hydrogen) atoms. The van der Waals surface area contributed by atoms with Crippen LogP contribution in [-0.4, -0.2) is 95.8 Å². The van der Waals surface area contributed by atoms with Crippen molar-refractivity contribution in [3.05, 3.63) is 47.2 Å². The zero-order valence-corrected chi connectivity index (χ0v) is 28.3. The molecule has 0 amide bonds. The summed E-state index contributed by atoms with van der Waals surface area (Å²) in [4.78, 5) is 48.5. The summed E-state index contributed by atoms with van der Waals surface area (Å²) in [5.41, 5.74) is -1.35. The van der Waals surface area contributed by atoms with Crippen molar-refractivity contribution in [2.75, 3.05) is 34.1 Å². The lowest BCUT2D eigenvalue weighted by Gasteiger charge is -2.39. The first-order chi connectivity index (χ1) is 22.5. The molecule has 1 spiro atoms. The van der Waals surface area contributed by atoms with Gasteiger partial charge in [0.15, 0.2) is 29.0 Å². The number of ether oxygens (including phenoxy) is 5. The number of hydrogen-bond donors (Lipinski definition) is 2. The number of Topliss-reactive ketones (excluding diaryl/α,β-unsaturated/α-hetero) is 1. The maximum atomic E-state index is 13.8. The Morgan fingerprint density at radius 1 is 0.667 bits per heavy atom. The van der Waals surface area contributed by atoms with Gasteiger partial charge in [0.25, 0.3) is 0 Å². The molecular weight excluding hydrogens is 1020 g/mol. The molecule has 0 unspecified atom stereocenters. The Labute approximate surface area is 523 Å². The van der Waals surface area contributed by atoms with Crippen molar-refractivity contribution in [2.45, 2.75) is 346 Å². The third-order valence-electron chi connectivity index (χ3n) is 9.48. The second-order valence-electron chi connectivity index (χ2n) is 13.4. The van der Waals surface area contributed by atoms with Crippen LogP contribution in [0, 0.1) is 0 Å². The summed E-state index contributed by atoms with van der Waals surface area (Å²) >= 11 is 0. The number of carbonyl (C=O) groups is 4. The Kier molecular flexibility index (Phi) is 205. The number of benzene rings is 1. The summed E-state index contributed by atoms with van der Waals surface area (Å²) in [5.74, 6) is -1.64. The first-order valence-corrected chi connectivity index (χ1v) is 16.1. The van der Waals surface area contributed by atoms with E-state index in [9.17, 15) is 34.5 Å². The van der Waals surface area contributed by atoms with Gasteiger partial charge < -0.3 is 43.8 Å². The van der Waals surface area contributed by atoms with Crippen molar-refractivity contribution < 1.29 is 58.2 Å². The molecular formula is C68H178NO12-. The largest absolute Gasteiger partial charge is 0.550 e. The summed E-state index contributed by atoms with van der Waals surface area (Å²) < 4.78 is 28.1. The molecule has 13 nitrogen and oxygen atoms in total. The van der Waals surface area contributed by atoms with E-state index in [2.05, 4.69) is 17.6 Å². The van der Waals surface area contributed by atoms with E-state index in [0.717, 1.165) is 43.5 Å². The number of rotatable bonds is 12. The number of aliphatic hydroxyl groups is 2. The Balaban J connectivity index is -0.0000000207. The van der Waals surface area contributed by atoms with Crippen LogP contribution in [0.4, 0.5) is 0 Å². The van der Waals surface area contributed by atoms with Crippen LogP contribution < -0.4 is 14.6 Å². The number of hydrogen-bond acceptors (Lipinski definition) is 13. The average Bonchev–Trinajstić information content (AvgIpc) is 3.69. The Bertz CT molecular complexity index is 1470. The molecule has 1 saturated heterocycles. The fourth-order valence-corrected chi connectivity index (χ4v) is 7.01. The average molecular weight is 1200 g/mol. The van der Waals surface area contributed by atoms with E-state index < -0.39 is 47.2 Å². The van der Waals surface area contributed by atoms with Crippen LogP contribution >= 0.6 is 0 Å². The first kappa shape index (κ1) is 201. The van der Waals surface area contributed by atoms with Crippen molar-refractivity contribution in [1.82, 2.24) is 4.90 Å². The molecule has 1 aromatic rings. The molecule has 5 rings (SSSR count). The van der Waals surface area contributed by atoms with Gasteiger partial charge in [0, 0.05) is 18.9 Å². The summed E-state index contributed by atoms with van der Waals surface area (Å²) in [7, 11) is 2.76. The fraction of sp³-hybridized carbons (Fsp3) is 0.794. The van der Waals surface area contributed by atoms with Crippen molar-refractivity contribution in [2.24, 2.45) is 0 Å². The highest BCUT2D eigenvalue weighted by Gasteiger charge is 2.59. The molecule has 3 heterocycles. The second kappa shape index (κ2) is 82.5. The van der Waals surface area contributed by atoms with Crippen molar-refractivity contribution in [3.63, 3.8) is 0 Å². The minimum Gasteiger partial charge on any atom is -0.550 e. The number of fused-ring (bicyclic) bond motifs is 3. The van der Waals surface area contributed by atoms with Gasteiger partial charge in [-0.3, -0.25) is 14.5 Å². The van der Waals surface area contributed by atoms with Crippen LogP contribution in [0.5, 0.6) is 11.5 Å². The number of nitrogens with zero attached hydrogens (tertiary/aromatic N) is 1. The van der Waals surface area contributed by atoms with E-state index in [0.29, 0.717) is 30.1 Å².